The molecule has 0 unspecified atom stereocenters. The number of aryl methyl sites for hydroxylation is 3. The molecule has 0 aliphatic heterocycles. The van der Waals surface area contributed by atoms with E-state index >= 15 is 0 Å². The van der Waals surface area contributed by atoms with Gasteiger partial charge in [-0.25, -0.2) is 4.39 Å². The molecule has 0 aliphatic carbocycles. The standard InChI is InChI=1S/C19H18FN/c1-12-8-13(2)18-10-16(11-21-19(18)14(12)3)9-15-4-6-17(20)7-5-15/h4-8,10-11H,9H2,1-3H3. The number of benzene rings is 2. The number of aromatic nitrogens is 1. The molecule has 1 aromatic heterocycles. The lowest BCUT2D eigenvalue weighted by Gasteiger charge is -2.10. The van der Waals surface area contributed by atoms with Crippen LogP contribution in [0.3, 0.4) is 0 Å². The first-order valence-corrected chi connectivity index (χ1v) is 7.14. The normalized spacial score (nSPS) is 11.0. The van der Waals surface area contributed by atoms with Crippen LogP contribution < -0.4 is 0 Å². The molecule has 0 aliphatic rings. The number of pyridine rings is 1. The smallest absolute Gasteiger partial charge is 0.123 e. The van der Waals surface area contributed by atoms with E-state index in [-0.39, 0.29) is 5.82 Å². The first-order chi connectivity index (χ1) is 10.0. The summed E-state index contributed by atoms with van der Waals surface area (Å²) in [6.07, 6.45) is 2.70. The first-order valence-electron chi connectivity index (χ1n) is 7.14. The summed E-state index contributed by atoms with van der Waals surface area (Å²) >= 11 is 0. The van der Waals surface area contributed by atoms with E-state index in [2.05, 4.69) is 37.9 Å². The molecule has 3 rings (SSSR count). The number of nitrogens with zero attached hydrogens (tertiary/aromatic N) is 1. The maximum atomic E-state index is 13.0. The molecule has 0 radical (unpaired) electrons. The Bertz CT molecular complexity index is 804. The van der Waals surface area contributed by atoms with Crippen LogP contribution in [0, 0.1) is 26.6 Å². The SMILES string of the molecule is Cc1cc(C)c2cc(Cc3ccc(F)cc3)cnc2c1C. The Labute approximate surface area is 124 Å². The van der Waals surface area contributed by atoms with Crippen molar-refractivity contribution in [2.75, 3.05) is 0 Å². The van der Waals surface area contributed by atoms with Gasteiger partial charge in [-0.3, -0.25) is 4.98 Å². The lowest BCUT2D eigenvalue weighted by Crippen LogP contribution is -1.95. The Kier molecular flexibility index (Phi) is 3.46. The number of rotatable bonds is 2. The minimum atomic E-state index is -0.197. The minimum Gasteiger partial charge on any atom is -0.256 e. The van der Waals surface area contributed by atoms with Crippen LogP contribution in [0.1, 0.15) is 27.8 Å². The lowest BCUT2D eigenvalue weighted by molar-refractivity contribution is 0.627. The first kappa shape index (κ1) is 13.7. The number of hydrogen-bond acceptors (Lipinski definition) is 1. The molecule has 106 valence electrons. The Balaban J connectivity index is 2.03. The van der Waals surface area contributed by atoms with Crippen molar-refractivity contribution in [3.05, 3.63) is 76.2 Å². The van der Waals surface area contributed by atoms with Gasteiger partial charge in [-0.1, -0.05) is 18.2 Å². The predicted octanol–water partition coefficient (Wildman–Crippen LogP) is 4.89. The van der Waals surface area contributed by atoms with Crippen LogP contribution in [-0.4, -0.2) is 4.98 Å². The quantitative estimate of drug-likeness (QED) is 0.651. The molecule has 2 aromatic carbocycles. The molecule has 21 heavy (non-hydrogen) atoms. The average Bonchev–Trinajstić information content (AvgIpc) is 2.47. The fourth-order valence-electron chi connectivity index (χ4n) is 2.74. The lowest BCUT2D eigenvalue weighted by atomic mass is 9.98. The number of hydrogen-bond donors (Lipinski definition) is 0. The van der Waals surface area contributed by atoms with E-state index in [0.717, 1.165) is 23.1 Å². The fraction of sp³-hybridized carbons (Fsp3) is 0.211. The third kappa shape index (κ3) is 2.66. The fourth-order valence-corrected chi connectivity index (χ4v) is 2.74. The molecular formula is C19H18FN. The van der Waals surface area contributed by atoms with Crippen molar-refractivity contribution < 1.29 is 4.39 Å². The highest BCUT2D eigenvalue weighted by atomic mass is 19.1. The zero-order valence-corrected chi connectivity index (χ0v) is 12.6. The minimum absolute atomic E-state index is 0.197. The van der Waals surface area contributed by atoms with Crippen LogP contribution in [0.5, 0.6) is 0 Å². The van der Waals surface area contributed by atoms with E-state index in [1.54, 1.807) is 0 Å². The highest BCUT2D eigenvalue weighted by molar-refractivity contribution is 5.86. The molecular weight excluding hydrogens is 261 g/mol. The van der Waals surface area contributed by atoms with Crippen molar-refractivity contribution in [1.29, 1.82) is 0 Å². The molecule has 3 aromatic rings. The maximum Gasteiger partial charge on any atom is 0.123 e. The topological polar surface area (TPSA) is 12.9 Å². The molecule has 0 N–H and O–H groups in total. The van der Waals surface area contributed by atoms with Gasteiger partial charge in [-0.15, -0.1) is 0 Å². The number of halogens is 1. The summed E-state index contributed by atoms with van der Waals surface area (Å²) in [6, 6.07) is 11.1. The molecule has 0 fully saturated rings. The predicted molar refractivity (Wildman–Crippen MR) is 85.2 cm³/mol. The highest BCUT2D eigenvalue weighted by Crippen LogP contribution is 2.25. The third-order valence-electron chi connectivity index (χ3n) is 4.07. The average molecular weight is 279 g/mol. The second-order valence-corrected chi connectivity index (χ2v) is 5.68. The van der Waals surface area contributed by atoms with Crippen LogP contribution in [0.25, 0.3) is 10.9 Å². The van der Waals surface area contributed by atoms with Crippen molar-refractivity contribution in [2.45, 2.75) is 27.2 Å². The molecule has 0 bridgehead atoms. The van der Waals surface area contributed by atoms with E-state index in [1.807, 2.05) is 18.3 Å². The van der Waals surface area contributed by atoms with Gasteiger partial charge in [0, 0.05) is 11.6 Å². The molecule has 1 nitrogen and oxygen atoms in total. The van der Waals surface area contributed by atoms with Gasteiger partial charge in [0.25, 0.3) is 0 Å². The Hall–Kier alpha value is -2.22. The second-order valence-electron chi connectivity index (χ2n) is 5.68. The zero-order chi connectivity index (χ0) is 15.0. The van der Waals surface area contributed by atoms with Crippen molar-refractivity contribution in [3.8, 4) is 0 Å². The summed E-state index contributed by atoms with van der Waals surface area (Å²) in [5.74, 6) is -0.197. The largest absolute Gasteiger partial charge is 0.256 e. The van der Waals surface area contributed by atoms with E-state index < -0.39 is 0 Å². The van der Waals surface area contributed by atoms with Crippen molar-refractivity contribution >= 4 is 10.9 Å². The van der Waals surface area contributed by atoms with Gasteiger partial charge in [-0.05, 0) is 73.2 Å². The summed E-state index contributed by atoms with van der Waals surface area (Å²) in [6.45, 7) is 6.36. The van der Waals surface area contributed by atoms with E-state index in [1.165, 1.54) is 34.2 Å². The van der Waals surface area contributed by atoms with Crippen molar-refractivity contribution in [1.82, 2.24) is 4.98 Å². The van der Waals surface area contributed by atoms with Gasteiger partial charge in [0.1, 0.15) is 5.82 Å². The second kappa shape index (κ2) is 5.28. The highest BCUT2D eigenvalue weighted by Gasteiger charge is 2.07. The van der Waals surface area contributed by atoms with E-state index in [0.29, 0.717) is 0 Å². The molecule has 0 amide bonds. The van der Waals surface area contributed by atoms with Gasteiger partial charge in [0.2, 0.25) is 0 Å². The van der Waals surface area contributed by atoms with Gasteiger partial charge < -0.3 is 0 Å². The Morgan fingerprint density at radius 3 is 2.33 bits per heavy atom. The maximum absolute atomic E-state index is 13.0. The molecule has 0 spiro atoms. The van der Waals surface area contributed by atoms with Crippen LogP contribution >= 0.6 is 0 Å². The molecule has 0 saturated heterocycles. The van der Waals surface area contributed by atoms with Crippen LogP contribution in [-0.2, 0) is 6.42 Å². The zero-order valence-electron chi connectivity index (χ0n) is 12.6. The van der Waals surface area contributed by atoms with Crippen LogP contribution in [0.15, 0.2) is 42.6 Å². The Morgan fingerprint density at radius 1 is 0.905 bits per heavy atom. The van der Waals surface area contributed by atoms with Gasteiger partial charge >= 0.3 is 0 Å². The third-order valence-corrected chi connectivity index (χ3v) is 4.07. The summed E-state index contributed by atoms with van der Waals surface area (Å²) in [5, 5.41) is 1.21. The number of fused-ring (bicyclic) bond motifs is 1. The molecule has 2 heteroatoms. The summed E-state index contributed by atoms with van der Waals surface area (Å²) < 4.78 is 13.0. The van der Waals surface area contributed by atoms with Gasteiger partial charge in [-0.2, -0.15) is 0 Å². The molecule has 0 saturated carbocycles. The monoisotopic (exact) mass is 279 g/mol. The van der Waals surface area contributed by atoms with E-state index in [4.69, 9.17) is 0 Å². The molecule has 1 heterocycles. The summed E-state index contributed by atoms with van der Waals surface area (Å²) in [7, 11) is 0. The summed E-state index contributed by atoms with van der Waals surface area (Å²) in [5.41, 5.74) is 7.10. The van der Waals surface area contributed by atoms with Crippen molar-refractivity contribution in [2.24, 2.45) is 0 Å². The summed E-state index contributed by atoms with van der Waals surface area (Å²) in [4.78, 5) is 4.64. The molecule has 0 atom stereocenters. The Morgan fingerprint density at radius 2 is 1.62 bits per heavy atom. The van der Waals surface area contributed by atoms with E-state index in [9.17, 15) is 4.39 Å². The van der Waals surface area contributed by atoms with Gasteiger partial charge in [0.05, 0.1) is 5.52 Å². The van der Waals surface area contributed by atoms with Gasteiger partial charge in [0.15, 0.2) is 0 Å². The van der Waals surface area contributed by atoms with Crippen LogP contribution in [0.2, 0.25) is 0 Å². The van der Waals surface area contributed by atoms with Crippen molar-refractivity contribution in [3.63, 3.8) is 0 Å². The van der Waals surface area contributed by atoms with Crippen LogP contribution in [0.4, 0.5) is 4.39 Å².